The van der Waals surface area contributed by atoms with Gasteiger partial charge in [-0.2, -0.15) is 0 Å². The monoisotopic (exact) mass is 334 g/mol. The van der Waals surface area contributed by atoms with Crippen molar-refractivity contribution in [1.82, 2.24) is 4.72 Å². The Morgan fingerprint density at radius 1 is 1.29 bits per heavy atom. The van der Waals surface area contributed by atoms with Gasteiger partial charge in [-0.3, -0.25) is 10.1 Å². The van der Waals surface area contributed by atoms with Gasteiger partial charge in [0.05, 0.1) is 9.82 Å². The Labute approximate surface area is 129 Å². The maximum Gasteiger partial charge on any atom is 0.274 e. The molecule has 8 heteroatoms. The first-order chi connectivity index (χ1) is 9.61. The molecule has 0 aliphatic heterocycles. The van der Waals surface area contributed by atoms with Gasteiger partial charge < -0.3 is 0 Å². The molecule has 1 rings (SSSR count). The van der Waals surface area contributed by atoms with Crippen molar-refractivity contribution in [2.75, 3.05) is 7.05 Å². The number of nitrogens with zero attached hydrogens (tertiary/aromatic N) is 1. The second kappa shape index (κ2) is 6.72. The first-order valence-electron chi connectivity index (χ1n) is 6.47. The topological polar surface area (TPSA) is 89.3 Å². The Bertz CT molecular complexity index is 621. The van der Waals surface area contributed by atoms with Gasteiger partial charge in [0, 0.05) is 22.9 Å². The number of hydrogen-bond acceptors (Lipinski definition) is 4. The van der Waals surface area contributed by atoms with Crippen molar-refractivity contribution in [3.8, 4) is 0 Å². The Morgan fingerprint density at radius 2 is 1.86 bits per heavy atom. The van der Waals surface area contributed by atoms with Crippen molar-refractivity contribution in [3.63, 3.8) is 0 Å². The van der Waals surface area contributed by atoms with E-state index < -0.39 is 14.9 Å². The standard InChI is InChI=1S/C13H19ClN2O4S/c1-8(2)13(9(3)14)11-6-5-10(21(19,20)15-4)7-12(11)16(17)18/h5-9,13,15H,1-4H3. The first-order valence-corrected chi connectivity index (χ1v) is 8.39. The van der Waals surface area contributed by atoms with Crippen molar-refractivity contribution in [2.24, 2.45) is 5.92 Å². The third kappa shape index (κ3) is 3.93. The van der Waals surface area contributed by atoms with Crippen LogP contribution in [0.1, 0.15) is 32.3 Å². The van der Waals surface area contributed by atoms with Gasteiger partial charge in [0.2, 0.25) is 10.0 Å². The molecule has 0 heterocycles. The maximum atomic E-state index is 11.8. The smallest absolute Gasteiger partial charge is 0.258 e. The van der Waals surface area contributed by atoms with Crippen LogP contribution in [0.2, 0.25) is 0 Å². The number of nitro groups is 1. The van der Waals surface area contributed by atoms with Crippen molar-refractivity contribution in [2.45, 2.75) is 37.0 Å². The highest BCUT2D eigenvalue weighted by Crippen LogP contribution is 2.37. The van der Waals surface area contributed by atoms with Crippen LogP contribution >= 0.6 is 11.6 Å². The summed E-state index contributed by atoms with van der Waals surface area (Å²) in [5.41, 5.74) is 0.227. The van der Waals surface area contributed by atoms with Crippen LogP contribution in [-0.4, -0.2) is 25.8 Å². The summed E-state index contributed by atoms with van der Waals surface area (Å²) in [4.78, 5) is 10.6. The summed E-state index contributed by atoms with van der Waals surface area (Å²) in [6.45, 7) is 5.62. The zero-order valence-electron chi connectivity index (χ0n) is 12.3. The molecule has 21 heavy (non-hydrogen) atoms. The molecule has 0 radical (unpaired) electrons. The van der Waals surface area contributed by atoms with Crippen LogP contribution in [0, 0.1) is 16.0 Å². The molecule has 0 spiro atoms. The molecule has 1 aromatic rings. The minimum absolute atomic E-state index is 0.0861. The highest BCUT2D eigenvalue weighted by molar-refractivity contribution is 7.89. The average molecular weight is 335 g/mol. The van der Waals surface area contributed by atoms with E-state index in [0.29, 0.717) is 5.56 Å². The molecule has 1 aromatic carbocycles. The molecule has 0 aliphatic carbocycles. The van der Waals surface area contributed by atoms with E-state index in [9.17, 15) is 18.5 Å². The van der Waals surface area contributed by atoms with Crippen molar-refractivity contribution >= 4 is 27.3 Å². The number of alkyl halides is 1. The van der Waals surface area contributed by atoms with Gasteiger partial charge in [0.1, 0.15) is 0 Å². The number of hydrogen-bond donors (Lipinski definition) is 1. The average Bonchev–Trinajstić information content (AvgIpc) is 2.37. The van der Waals surface area contributed by atoms with E-state index in [4.69, 9.17) is 11.6 Å². The maximum absolute atomic E-state index is 11.8. The Hall–Kier alpha value is -1.18. The number of benzene rings is 1. The molecule has 0 saturated carbocycles. The van der Waals surface area contributed by atoms with Crippen LogP contribution < -0.4 is 4.72 Å². The normalized spacial score (nSPS) is 15.0. The summed E-state index contributed by atoms with van der Waals surface area (Å²) in [7, 11) is -2.47. The van der Waals surface area contributed by atoms with Gasteiger partial charge in [-0.15, -0.1) is 11.6 Å². The number of nitrogens with one attached hydrogen (secondary N) is 1. The molecule has 6 nitrogen and oxygen atoms in total. The van der Waals surface area contributed by atoms with E-state index in [-0.39, 0.29) is 27.8 Å². The lowest BCUT2D eigenvalue weighted by Crippen LogP contribution is -2.20. The van der Waals surface area contributed by atoms with Gasteiger partial charge in [-0.1, -0.05) is 19.9 Å². The fraction of sp³-hybridized carbons (Fsp3) is 0.538. The second-order valence-corrected chi connectivity index (χ2v) is 7.71. The van der Waals surface area contributed by atoms with E-state index >= 15 is 0 Å². The summed E-state index contributed by atoms with van der Waals surface area (Å²) in [6.07, 6.45) is 0. The van der Waals surface area contributed by atoms with Gasteiger partial charge in [0.25, 0.3) is 5.69 Å². The number of sulfonamides is 1. The zero-order valence-corrected chi connectivity index (χ0v) is 13.9. The molecule has 0 saturated heterocycles. The molecule has 118 valence electrons. The largest absolute Gasteiger partial charge is 0.274 e. The van der Waals surface area contributed by atoms with Crippen LogP contribution in [0.25, 0.3) is 0 Å². The van der Waals surface area contributed by atoms with Crippen LogP contribution in [0.3, 0.4) is 0 Å². The lowest BCUT2D eigenvalue weighted by molar-refractivity contribution is -0.386. The number of halogens is 1. The summed E-state index contributed by atoms with van der Waals surface area (Å²) in [5, 5.41) is 11.0. The predicted molar refractivity (Wildman–Crippen MR) is 82.2 cm³/mol. The van der Waals surface area contributed by atoms with Crippen LogP contribution in [0.5, 0.6) is 0 Å². The zero-order chi connectivity index (χ0) is 16.4. The quantitative estimate of drug-likeness (QED) is 0.492. The highest BCUT2D eigenvalue weighted by atomic mass is 35.5. The van der Waals surface area contributed by atoms with Crippen LogP contribution in [0.15, 0.2) is 23.1 Å². The third-order valence-electron chi connectivity index (χ3n) is 3.35. The Morgan fingerprint density at radius 3 is 2.24 bits per heavy atom. The molecule has 0 aliphatic rings. The van der Waals surface area contributed by atoms with Gasteiger partial charge in [-0.05, 0) is 26.0 Å². The molecule has 0 fully saturated rings. The van der Waals surface area contributed by atoms with Crippen LogP contribution in [0.4, 0.5) is 5.69 Å². The van der Waals surface area contributed by atoms with Crippen molar-refractivity contribution < 1.29 is 13.3 Å². The fourth-order valence-corrected chi connectivity index (χ4v) is 3.56. The molecule has 0 bridgehead atoms. The molecule has 2 atom stereocenters. The number of nitro benzene ring substituents is 1. The molecule has 0 aromatic heterocycles. The minimum atomic E-state index is -3.72. The number of rotatable bonds is 6. The molecular formula is C13H19ClN2O4S. The van der Waals surface area contributed by atoms with Gasteiger partial charge >= 0.3 is 0 Å². The molecule has 2 unspecified atom stereocenters. The third-order valence-corrected chi connectivity index (χ3v) is 5.03. The van der Waals surface area contributed by atoms with Gasteiger partial charge in [-0.25, -0.2) is 13.1 Å². The molecule has 0 amide bonds. The minimum Gasteiger partial charge on any atom is -0.258 e. The van der Waals surface area contributed by atoms with E-state index in [0.717, 1.165) is 6.07 Å². The summed E-state index contributed by atoms with van der Waals surface area (Å²) < 4.78 is 25.7. The van der Waals surface area contributed by atoms with Gasteiger partial charge in [0.15, 0.2) is 0 Å². The molecule has 1 N–H and O–H groups in total. The Kier molecular flexibility index (Phi) is 5.72. The Balaban J connectivity index is 3.52. The lowest BCUT2D eigenvalue weighted by atomic mass is 9.85. The summed E-state index contributed by atoms with van der Waals surface area (Å²) >= 11 is 6.15. The fourth-order valence-electron chi connectivity index (χ4n) is 2.39. The van der Waals surface area contributed by atoms with Crippen LogP contribution in [-0.2, 0) is 10.0 Å². The highest BCUT2D eigenvalue weighted by Gasteiger charge is 2.29. The van der Waals surface area contributed by atoms with Crippen molar-refractivity contribution in [3.05, 3.63) is 33.9 Å². The van der Waals surface area contributed by atoms with E-state index in [1.54, 1.807) is 6.92 Å². The second-order valence-electron chi connectivity index (χ2n) is 5.13. The van der Waals surface area contributed by atoms with E-state index in [1.165, 1.54) is 19.2 Å². The summed E-state index contributed by atoms with van der Waals surface area (Å²) in [6, 6.07) is 3.92. The van der Waals surface area contributed by atoms with E-state index in [2.05, 4.69) is 4.72 Å². The first kappa shape index (κ1) is 17.9. The van der Waals surface area contributed by atoms with E-state index in [1.807, 2.05) is 13.8 Å². The molecular weight excluding hydrogens is 316 g/mol. The lowest BCUT2D eigenvalue weighted by Gasteiger charge is -2.23. The van der Waals surface area contributed by atoms with Crippen molar-refractivity contribution in [1.29, 1.82) is 0 Å². The summed E-state index contributed by atoms with van der Waals surface area (Å²) in [5.74, 6) is -0.152. The predicted octanol–water partition coefficient (Wildman–Crippen LogP) is 2.87. The SMILES string of the molecule is CNS(=O)(=O)c1ccc(C(C(C)C)C(C)Cl)c([N+](=O)[O-])c1.